The largest absolute Gasteiger partial charge is 0.293 e. The highest BCUT2D eigenvalue weighted by Gasteiger charge is 2.42. The fourth-order valence-electron chi connectivity index (χ4n) is 1.79. The highest BCUT2D eigenvalue weighted by atomic mass is 32.2. The Hall–Kier alpha value is -1.16. The van der Waals surface area contributed by atoms with Crippen molar-refractivity contribution in [1.29, 1.82) is 0 Å². The molecule has 3 nitrogen and oxygen atoms in total. The molecule has 0 spiro atoms. The van der Waals surface area contributed by atoms with Crippen molar-refractivity contribution >= 4 is 15.6 Å². The molecule has 1 aliphatic heterocycles. The summed E-state index contributed by atoms with van der Waals surface area (Å²) in [5.41, 5.74) is 0.347. The van der Waals surface area contributed by atoms with Gasteiger partial charge in [0.05, 0.1) is 4.90 Å². The number of benzene rings is 1. The van der Waals surface area contributed by atoms with Crippen LogP contribution in [0.5, 0.6) is 0 Å². The lowest BCUT2D eigenvalue weighted by Gasteiger charge is -2.02. The van der Waals surface area contributed by atoms with Crippen molar-refractivity contribution in [2.45, 2.75) is 23.5 Å². The van der Waals surface area contributed by atoms with Crippen LogP contribution in [0.2, 0.25) is 0 Å². The van der Waals surface area contributed by atoms with Crippen LogP contribution in [0.25, 0.3) is 0 Å². The van der Waals surface area contributed by atoms with Gasteiger partial charge in [-0.3, -0.25) is 4.79 Å². The number of hydrogen-bond donors (Lipinski definition) is 0. The minimum Gasteiger partial charge on any atom is -0.293 e. The first-order chi connectivity index (χ1) is 6.59. The molecule has 0 unspecified atom stereocenters. The Kier molecular flexibility index (Phi) is 1.96. The normalized spacial score (nSPS) is 23.5. The molecular formula is C10H10O3S. The summed E-state index contributed by atoms with van der Waals surface area (Å²) in [7, 11) is -3.40. The van der Waals surface area contributed by atoms with Gasteiger partial charge >= 0.3 is 0 Å². The summed E-state index contributed by atoms with van der Waals surface area (Å²) < 4.78 is 23.6. The highest BCUT2D eigenvalue weighted by Crippen LogP contribution is 2.32. The van der Waals surface area contributed by atoms with Gasteiger partial charge in [0.1, 0.15) is 5.25 Å². The van der Waals surface area contributed by atoms with Crippen LogP contribution >= 0.6 is 0 Å². The van der Waals surface area contributed by atoms with Crippen LogP contribution in [0.1, 0.15) is 23.7 Å². The van der Waals surface area contributed by atoms with Gasteiger partial charge in [0, 0.05) is 5.56 Å². The van der Waals surface area contributed by atoms with Crippen molar-refractivity contribution in [2.24, 2.45) is 0 Å². The summed E-state index contributed by atoms with van der Waals surface area (Å²) in [5.74, 6) is -0.261. The Morgan fingerprint density at radius 1 is 1.29 bits per heavy atom. The average molecular weight is 210 g/mol. The summed E-state index contributed by atoms with van der Waals surface area (Å²) in [6, 6.07) is 6.40. The fraction of sp³-hybridized carbons (Fsp3) is 0.300. The summed E-state index contributed by atoms with van der Waals surface area (Å²) in [5, 5.41) is -0.861. The second-order valence-corrected chi connectivity index (χ2v) is 5.40. The van der Waals surface area contributed by atoms with Crippen molar-refractivity contribution in [2.75, 3.05) is 0 Å². The van der Waals surface area contributed by atoms with Gasteiger partial charge in [-0.1, -0.05) is 25.1 Å². The number of sulfone groups is 1. The van der Waals surface area contributed by atoms with Crippen LogP contribution in [0.3, 0.4) is 0 Å². The lowest BCUT2D eigenvalue weighted by atomic mass is 10.1. The number of carbonyl (C=O) groups is 1. The molecule has 1 atom stereocenters. The van der Waals surface area contributed by atoms with Crippen LogP contribution in [-0.4, -0.2) is 19.5 Å². The number of rotatable bonds is 1. The molecule has 0 amide bonds. The minimum atomic E-state index is -3.40. The third-order valence-corrected chi connectivity index (χ3v) is 4.76. The number of fused-ring (bicyclic) bond motifs is 1. The van der Waals surface area contributed by atoms with Crippen LogP contribution in [0.15, 0.2) is 29.2 Å². The predicted octanol–water partition coefficient (Wildman–Crippen LogP) is 1.44. The summed E-state index contributed by atoms with van der Waals surface area (Å²) in [6.45, 7) is 1.71. The van der Waals surface area contributed by atoms with Gasteiger partial charge in [0.15, 0.2) is 15.6 Å². The molecule has 1 aromatic carbocycles. The Bertz CT molecular complexity index is 488. The second-order valence-electron chi connectivity index (χ2n) is 3.30. The van der Waals surface area contributed by atoms with Crippen molar-refractivity contribution in [3.8, 4) is 0 Å². The third-order valence-electron chi connectivity index (χ3n) is 2.50. The van der Waals surface area contributed by atoms with E-state index in [9.17, 15) is 13.2 Å². The Morgan fingerprint density at radius 2 is 1.93 bits per heavy atom. The number of ketones is 1. The van der Waals surface area contributed by atoms with E-state index in [-0.39, 0.29) is 10.7 Å². The van der Waals surface area contributed by atoms with E-state index >= 15 is 0 Å². The van der Waals surface area contributed by atoms with E-state index in [4.69, 9.17) is 0 Å². The second kappa shape index (κ2) is 2.92. The Labute approximate surface area is 82.7 Å². The zero-order valence-electron chi connectivity index (χ0n) is 7.73. The van der Waals surface area contributed by atoms with Gasteiger partial charge in [-0.15, -0.1) is 0 Å². The molecule has 2 rings (SSSR count). The zero-order valence-corrected chi connectivity index (χ0v) is 8.54. The van der Waals surface area contributed by atoms with Gasteiger partial charge in [-0.05, 0) is 12.5 Å². The zero-order chi connectivity index (χ0) is 10.3. The quantitative estimate of drug-likeness (QED) is 0.704. The maximum Gasteiger partial charge on any atom is 0.189 e. The summed E-state index contributed by atoms with van der Waals surface area (Å²) in [4.78, 5) is 11.9. The molecule has 0 saturated carbocycles. The third kappa shape index (κ3) is 1.04. The van der Waals surface area contributed by atoms with E-state index in [1.54, 1.807) is 25.1 Å². The predicted molar refractivity (Wildman–Crippen MR) is 52.0 cm³/mol. The molecule has 1 aromatic rings. The Balaban J connectivity index is 2.74. The minimum absolute atomic E-state index is 0.192. The SMILES string of the molecule is CC[C@@H]1C(=O)c2ccccc2S1(=O)=O. The van der Waals surface area contributed by atoms with Crippen molar-refractivity contribution < 1.29 is 13.2 Å². The van der Waals surface area contributed by atoms with E-state index in [0.29, 0.717) is 12.0 Å². The number of carbonyl (C=O) groups excluding carboxylic acids is 1. The lowest BCUT2D eigenvalue weighted by molar-refractivity contribution is 0.0989. The van der Waals surface area contributed by atoms with Gasteiger partial charge in [-0.2, -0.15) is 0 Å². The van der Waals surface area contributed by atoms with Crippen molar-refractivity contribution in [3.05, 3.63) is 29.8 Å². The number of Topliss-reactive ketones (excluding diaryl/α,β-unsaturated/α-hetero) is 1. The van der Waals surface area contributed by atoms with Gasteiger partial charge in [-0.25, -0.2) is 8.42 Å². The first-order valence-corrected chi connectivity index (χ1v) is 6.00. The summed E-state index contributed by atoms with van der Waals surface area (Å²) in [6.07, 6.45) is 0.343. The average Bonchev–Trinajstić information content (AvgIpc) is 2.36. The molecule has 4 heteroatoms. The van der Waals surface area contributed by atoms with Gasteiger partial charge < -0.3 is 0 Å². The molecule has 14 heavy (non-hydrogen) atoms. The van der Waals surface area contributed by atoms with E-state index < -0.39 is 15.1 Å². The summed E-state index contributed by atoms with van der Waals surface area (Å²) >= 11 is 0. The molecule has 0 aromatic heterocycles. The standard InChI is InChI=1S/C10H10O3S/c1-2-8-10(11)7-5-3-4-6-9(7)14(8,12)13/h3-6,8H,2H2,1H3/t8-/m1/s1. The van der Waals surface area contributed by atoms with Gasteiger partial charge in [0.2, 0.25) is 0 Å². The maximum absolute atomic E-state index is 11.8. The van der Waals surface area contributed by atoms with Crippen LogP contribution in [0.4, 0.5) is 0 Å². The molecule has 0 N–H and O–H groups in total. The van der Waals surface area contributed by atoms with Crippen LogP contribution in [0, 0.1) is 0 Å². The molecule has 0 radical (unpaired) electrons. The first-order valence-electron chi connectivity index (χ1n) is 4.46. The molecule has 0 bridgehead atoms. The number of hydrogen-bond acceptors (Lipinski definition) is 3. The molecule has 0 fully saturated rings. The van der Waals surface area contributed by atoms with Crippen molar-refractivity contribution in [3.63, 3.8) is 0 Å². The molecule has 0 aliphatic carbocycles. The van der Waals surface area contributed by atoms with E-state index in [0.717, 1.165) is 0 Å². The molecule has 1 heterocycles. The lowest BCUT2D eigenvalue weighted by Crippen LogP contribution is -2.21. The molecule has 0 saturated heterocycles. The monoisotopic (exact) mass is 210 g/mol. The van der Waals surface area contributed by atoms with E-state index in [1.165, 1.54) is 6.07 Å². The first kappa shape index (κ1) is 9.40. The van der Waals surface area contributed by atoms with Crippen molar-refractivity contribution in [1.82, 2.24) is 0 Å². The van der Waals surface area contributed by atoms with Gasteiger partial charge in [0.25, 0.3) is 0 Å². The molecule has 1 aliphatic rings. The maximum atomic E-state index is 11.8. The molecular weight excluding hydrogens is 200 g/mol. The fourth-order valence-corrected chi connectivity index (χ4v) is 3.69. The van der Waals surface area contributed by atoms with E-state index in [2.05, 4.69) is 0 Å². The van der Waals surface area contributed by atoms with Crippen LogP contribution in [-0.2, 0) is 9.84 Å². The molecule has 74 valence electrons. The van der Waals surface area contributed by atoms with E-state index in [1.807, 2.05) is 0 Å². The Morgan fingerprint density at radius 3 is 2.50 bits per heavy atom. The smallest absolute Gasteiger partial charge is 0.189 e. The topological polar surface area (TPSA) is 51.2 Å². The van der Waals surface area contributed by atoms with Crippen LogP contribution < -0.4 is 0 Å². The highest BCUT2D eigenvalue weighted by molar-refractivity contribution is 7.93.